The Balaban J connectivity index is 1.39. The highest BCUT2D eigenvalue weighted by atomic mass is 16.6. The first-order valence-corrected chi connectivity index (χ1v) is 18.2. The van der Waals surface area contributed by atoms with Crippen LogP contribution in [-0.4, -0.2) is 41.3 Å². The Labute approximate surface area is 265 Å². The van der Waals surface area contributed by atoms with Gasteiger partial charge in [0, 0.05) is 30.6 Å². The Morgan fingerprint density at radius 2 is 1.60 bits per heavy atom. The predicted octanol–water partition coefficient (Wildman–Crippen LogP) is 9.09. The van der Waals surface area contributed by atoms with Gasteiger partial charge in [-0.1, -0.05) is 65.5 Å². The number of nitrogens with zero attached hydrogens (tertiary/aromatic N) is 1. The number of ether oxygens (including phenoxy) is 1. The quantitative estimate of drug-likeness (QED) is 0.219. The minimum Gasteiger partial charge on any atom is -0.446 e. The van der Waals surface area contributed by atoms with E-state index >= 15 is 0 Å². The summed E-state index contributed by atoms with van der Waals surface area (Å²) in [6.07, 6.45) is 18.0. The van der Waals surface area contributed by atoms with Crippen molar-refractivity contribution < 1.29 is 9.53 Å². The Morgan fingerprint density at radius 3 is 2.21 bits per heavy atom. The molecule has 43 heavy (non-hydrogen) atoms. The molecule has 248 valence electrons. The first kappa shape index (κ1) is 34.8. The molecule has 0 aromatic rings. The van der Waals surface area contributed by atoms with E-state index in [0.29, 0.717) is 18.5 Å². The summed E-state index contributed by atoms with van der Waals surface area (Å²) in [5.74, 6) is 5.06. The Bertz CT molecular complexity index is 959. The molecular formula is C38H69N3O2. The molecule has 4 aliphatic rings. The van der Waals surface area contributed by atoms with E-state index in [4.69, 9.17) is 16.2 Å². The molecule has 3 saturated carbocycles. The molecular weight excluding hydrogens is 530 g/mol. The van der Waals surface area contributed by atoms with Crippen LogP contribution in [0, 0.1) is 46.3 Å². The van der Waals surface area contributed by atoms with Gasteiger partial charge in [0.2, 0.25) is 0 Å². The van der Waals surface area contributed by atoms with Crippen LogP contribution in [0.5, 0.6) is 0 Å². The van der Waals surface area contributed by atoms with Gasteiger partial charge in [-0.2, -0.15) is 0 Å². The van der Waals surface area contributed by atoms with Crippen LogP contribution in [-0.2, 0) is 4.74 Å². The fraction of sp³-hybridized carbons (Fsp3) is 0.921. The van der Waals surface area contributed by atoms with Crippen molar-refractivity contribution in [3.05, 3.63) is 11.6 Å². The molecule has 5 nitrogen and oxygen atoms in total. The zero-order valence-electron chi connectivity index (χ0n) is 29.6. The Morgan fingerprint density at radius 1 is 0.953 bits per heavy atom. The molecule has 0 aromatic carbocycles. The second kappa shape index (κ2) is 13.3. The lowest BCUT2D eigenvalue weighted by Gasteiger charge is -2.58. The van der Waals surface area contributed by atoms with Crippen LogP contribution in [0.3, 0.4) is 0 Å². The summed E-state index contributed by atoms with van der Waals surface area (Å²) in [5, 5.41) is 0. The number of carbonyl (C=O) groups excluding carboxylic acids is 1. The Hall–Kier alpha value is -1.07. The standard InChI is InChI=1S/C38H69N3O2/c1-26(2)11-10-12-27(3)31-15-16-32-30-14-13-28-25-29(17-19-37(28,8)33(30)18-20-38(31,32)9)43-34(42)41(23-21-35(4,5)39)24-22-36(6,7)40/h13,26-27,29-33H,10-12,14-25,39-40H2,1-9H3/t27-,29+,30+,31-,32+,33+,37+,38-/m1/s1. The van der Waals surface area contributed by atoms with Crippen molar-refractivity contribution in [3.8, 4) is 0 Å². The zero-order valence-corrected chi connectivity index (χ0v) is 29.6. The smallest absolute Gasteiger partial charge is 0.410 e. The van der Waals surface area contributed by atoms with Gasteiger partial charge in [0.25, 0.3) is 0 Å². The van der Waals surface area contributed by atoms with Crippen LogP contribution in [0.1, 0.15) is 146 Å². The maximum atomic E-state index is 13.5. The predicted molar refractivity (Wildman–Crippen MR) is 181 cm³/mol. The summed E-state index contributed by atoms with van der Waals surface area (Å²) in [5.41, 5.74) is 14.3. The molecule has 4 aliphatic carbocycles. The zero-order chi connectivity index (χ0) is 31.8. The number of allylic oxidation sites excluding steroid dienone is 1. The van der Waals surface area contributed by atoms with Crippen LogP contribution < -0.4 is 11.5 Å². The van der Waals surface area contributed by atoms with E-state index in [-0.39, 0.29) is 28.7 Å². The maximum Gasteiger partial charge on any atom is 0.410 e. The van der Waals surface area contributed by atoms with E-state index < -0.39 is 0 Å². The molecule has 0 radical (unpaired) electrons. The number of carbonyl (C=O) groups is 1. The average Bonchev–Trinajstić information content (AvgIpc) is 3.24. The SMILES string of the molecule is CC(C)CCC[C@@H](C)[C@H]1CC[C@H]2[C@@H]3CC=C4C[C@@H](OC(=O)N(CCC(C)(C)N)CCC(C)(C)N)CC[C@]4(C)[C@H]3CC[C@]12C. The number of hydrogen-bond donors (Lipinski definition) is 2. The normalized spacial score (nSPS) is 35.1. The number of rotatable bonds is 12. The summed E-state index contributed by atoms with van der Waals surface area (Å²) in [4.78, 5) is 15.3. The van der Waals surface area contributed by atoms with Crippen molar-refractivity contribution in [1.29, 1.82) is 0 Å². The molecule has 0 spiro atoms. The molecule has 0 aliphatic heterocycles. The topological polar surface area (TPSA) is 81.6 Å². The van der Waals surface area contributed by atoms with Gasteiger partial charge < -0.3 is 21.1 Å². The van der Waals surface area contributed by atoms with Gasteiger partial charge >= 0.3 is 6.09 Å². The van der Waals surface area contributed by atoms with Crippen LogP contribution >= 0.6 is 0 Å². The number of fused-ring (bicyclic) bond motifs is 5. The summed E-state index contributed by atoms with van der Waals surface area (Å²) in [6.45, 7) is 21.8. The van der Waals surface area contributed by atoms with Gasteiger partial charge in [0.05, 0.1) is 0 Å². The van der Waals surface area contributed by atoms with E-state index in [1.54, 1.807) is 5.57 Å². The summed E-state index contributed by atoms with van der Waals surface area (Å²) in [7, 11) is 0. The van der Waals surface area contributed by atoms with Crippen LogP contribution in [0.2, 0.25) is 0 Å². The largest absolute Gasteiger partial charge is 0.446 e. The van der Waals surface area contributed by atoms with Gasteiger partial charge in [0.15, 0.2) is 0 Å². The molecule has 0 unspecified atom stereocenters. The van der Waals surface area contributed by atoms with Crippen molar-refractivity contribution in [2.24, 2.45) is 57.8 Å². The highest BCUT2D eigenvalue weighted by molar-refractivity contribution is 5.68. The van der Waals surface area contributed by atoms with E-state index in [1.807, 2.05) is 32.6 Å². The summed E-state index contributed by atoms with van der Waals surface area (Å²) in [6, 6.07) is 0. The third kappa shape index (κ3) is 8.21. The van der Waals surface area contributed by atoms with Crippen LogP contribution in [0.15, 0.2) is 11.6 Å². The van der Waals surface area contributed by atoms with Crippen molar-refractivity contribution in [2.45, 2.75) is 163 Å². The second-order valence-corrected chi connectivity index (χ2v) is 18.0. The van der Waals surface area contributed by atoms with Crippen molar-refractivity contribution in [3.63, 3.8) is 0 Å². The minimum absolute atomic E-state index is 0.0287. The monoisotopic (exact) mass is 600 g/mol. The lowest BCUT2D eigenvalue weighted by molar-refractivity contribution is -0.0594. The molecule has 8 atom stereocenters. The summed E-state index contributed by atoms with van der Waals surface area (Å²) < 4.78 is 6.25. The van der Waals surface area contributed by atoms with Gasteiger partial charge in [-0.25, -0.2) is 4.79 Å². The molecule has 3 fully saturated rings. The second-order valence-electron chi connectivity index (χ2n) is 18.0. The number of amides is 1. The van der Waals surface area contributed by atoms with Crippen LogP contribution in [0.25, 0.3) is 0 Å². The highest BCUT2D eigenvalue weighted by Gasteiger charge is 2.59. The lowest BCUT2D eigenvalue weighted by atomic mass is 9.47. The third-order valence-electron chi connectivity index (χ3n) is 12.8. The molecule has 1 amide bonds. The summed E-state index contributed by atoms with van der Waals surface area (Å²) >= 11 is 0. The van der Waals surface area contributed by atoms with Gasteiger partial charge in [0.1, 0.15) is 6.10 Å². The fourth-order valence-corrected chi connectivity index (χ4v) is 10.1. The van der Waals surface area contributed by atoms with E-state index in [0.717, 1.165) is 67.6 Å². The van der Waals surface area contributed by atoms with Gasteiger partial charge in [-0.15, -0.1) is 0 Å². The minimum atomic E-state index is -0.325. The molecule has 5 heteroatoms. The lowest BCUT2D eigenvalue weighted by Crippen LogP contribution is -2.51. The van der Waals surface area contributed by atoms with E-state index in [9.17, 15) is 4.79 Å². The van der Waals surface area contributed by atoms with E-state index in [1.165, 1.54) is 51.4 Å². The van der Waals surface area contributed by atoms with Crippen molar-refractivity contribution in [1.82, 2.24) is 4.90 Å². The first-order chi connectivity index (χ1) is 19.9. The highest BCUT2D eigenvalue weighted by Crippen LogP contribution is 2.67. The first-order valence-electron chi connectivity index (χ1n) is 18.2. The van der Waals surface area contributed by atoms with Gasteiger partial charge in [-0.05, 0) is 132 Å². The molecule has 0 bridgehead atoms. The van der Waals surface area contributed by atoms with Crippen LogP contribution in [0.4, 0.5) is 4.79 Å². The molecule has 4 N–H and O–H groups in total. The fourth-order valence-electron chi connectivity index (χ4n) is 10.1. The molecule has 0 aromatic heterocycles. The molecule has 0 heterocycles. The van der Waals surface area contributed by atoms with E-state index in [2.05, 4.69) is 40.7 Å². The maximum absolute atomic E-state index is 13.5. The van der Waals surface area contributed by atoms with Crippen molar-refractivity contribution >= 4 is 6.09 Å². The Kier molecular flexibility index (Phi) is 10.8. The molecule has 4 rings (SSSR count). The van der Waals surface area contributed by atoms with Crippen molar-refractivity contribution in [2.75, 3.05) is 13.1 Å². The average molecular weight is 600 g/mol. The molecule has 0 saturated heterocycles. The van der Waals surface area contributed by atoms with Gasteiger partial charge in [-0.3, -0.25) is 0 Å². The third-order valence-corrected chi connectivity index (χ3v) is 12.8. The number of hydrogen-bond acceptors (Lipinski definition) is 4. The number of nitrogens with two attached hydrogens (primary N) is 2.